The number of anilines is 2. The minimum absolute atomic E-state index is 0.0115. The number of piperazine rings is 1. The number of aromatic nitrogens is 2. The highest BCUT2D eigenvalue weighted by atomic mass is 35.5. The summed E-state index contributed by atoms with van der Waals surface area (Å²) in [4.78, 5) is 50.4. The number of H-pyrrole nitrogens is 1. The van der Waals surface area contributed by atoms with Crippen LogP contribution in [0.4, 0.5) is 30.2 Å². The zero-order chi connectivity index (χ0) is 48.5. The van der Waals surface area contributed by atoms with Gasteiger partial charge >= 0.3 is 6.18 Å². The minimum atomic E-state index is -4.68. The van der Waals surface area contributed by atoms with Gasteiger partial charge in [-0.2, -0.15) is 13.2 Å². The van der Waals surface area contributed by atoms with Crippen LogP contribution in [0.15, 0.2) is 89.6 Å². The molecule has 1 unspecified atom stereocenters. The van der Waals surface area contributed by atoms with Gasteiger partial charge < -0.3 is 29.6 Å². The maximum Gasteiger partial charge on any atom is 0.416 e. The van der Waals surface area contributed by atoms with Crippen LogP contribution in [-0.4, -0.2) is 110 Å². The van der Waals surface area contributed by atoms with Crippen LogP contribution < -0.4 is 19.7 Å². The van der Waals surface area contributed by atoms with Crippen molar-refractivity contribution in [2.24, 2.45) is 5.41 Å². The Bertz CT molecular complexity index is 2900. The van der Waals surface area contributed by atoms with Gasteiger partial charge in [0.15, 0.2) is 0 Å². The predicted octanol–water partition coefficient (Wildman–Crippen LogP) is 8.50. The molecule has 0 saturated carbocycles. The molecule has 68 heavy (non-hydrogen) atoms. The average Bonchev–Trinajstić information content (AvgIpc) is 3.77. The topological polar surface area (TPSA) is 192 Å². The number of nitrogens with zero attached hydrogens (tertiary/aromatic N) is 5. The number of carbonyl (C=O) groups is 2. The number of carbonyl (C=O) groups excluding carboxylic acids is 2. The molecular formula is C47H50ClF3N8O8S. The standard InChI is InChI=1S/C47H50ClF3N8O8S/c1-29(60)58-18-19-66-28-34(58)25-53-41-9-6-36(23-42(41)59(62)63)68(64,65)55-45(61)38-8-5-33(22-43(38)67-35-20-30-11-13-52-44(30)54-26-35)57-16-14-56(15-17-57)27-31-10-12-46(2,3)24-39(31)37-7-4-32(21-40(37)48)47(49,50)51/h4-9,11,13,20-23,26,34,53H,10,12,14-19,24-25,27-28H2,1-3H3,(H,52,54)(H,55,61). The number of amides is 2. The van der Waals surface area contributed by atoms with E-state index in [2.05, 4.69) is 43.7 Å². The molecule has 16 nitrogen and oxygen atoms in total. The number of rotatable bonds is 13. The molecule has 1 atom stereocenters. The molecule has 2 aromatic heterocycles. The number of pyridine rings is 1. The lowest BCUT2D eigenvalue weighted by atomic mass is 9.72. The van der Waals surface area contributed by atoms with Gasteiger partial charge in [0.05, 0.1) is 46.4 Å². The van der Waals surface area contributed by atoms with Gasteiger partial charge in [0.1, 0.15) is 22.8 Å². The summed E-state index contributed by atoms with van der Waals surface area (Å²) in [6.45, 7) is 9.79. The third-order valence-corrected chi connectivity index (χ3v) is 14.3. The van der Waals surface area contributed by atoms with Gasteiger partial charge in [0, 0.05) is 87.2 Å². The Balaban J connectivity index is 1.00. The summed E-state index contributed by atoms with van der Waals surface area (Å²) in [5, 5.41) is 15.9. The Morgan fingerprint density at radius 2 is 1.82 bits per heavy atom. The van der Waals surface area contributed by atoms with E-state index in [9.17, 15) is 41.3 Å². The Labute approximate surface area is 395 Å². The van der Waals surface area contributed by atoms with E-state index in [1.165, 1.54) is 31.3 Å². The largest absolute Gasteiger partial charge is 0.455 e. The van der Waals surface area contributed by atoms with Gasteiger partial charge in [-0.3, -0.25) is 24.6 Å². The third-order valence-electron chi connectivity index (χ3n) is 12.6. The quantitative estimate of drug-likeness (QED) is 0.0754. The molecule has 1 aliphatic carbocycles. The number of alkyl halides is 3. The number of aromatic amines is 1. The van der Waals surface area contributed by atoms with Crippen molar-refractivity contribution in [3.63, 3.8) is 0 Å². The number of ether oxygens (including phenoxy) is 2. The first-order valence-electron chi connectivity index (χ1n) is 22.0. The van der Waals surface area contributed by atoms with Crippen molar-refractivity contribution in [1.82, 2.24) is 24.5 Å². The normalized spacial score (nSPS) is 18.1. The monoisotopic (exact) mass is 978 g/mol. The fourth-order valence-electron chi connectivity index (χ4n) is 8.93. The van der Waals surface area contributed by atoms with Crippen LogP contribution in [0.3, 0.4) is 0 Å². The summed E-state index contributed by atoms with van der Waals surface area (Å²) >= 11 is 6.53. The molecule has 3 aromatic carbocycles. The van der Waals surface area contributed by atoms with Crippen molar-refractivity contribution in [2.75, 3.05) is 69.2 Å². The van der Waals surface area contributed by atoms with Crippen LogP contribution in [-0.2, 0) is 25.7 Å². The number of benzene rings is 3. The first-order valence-corrected chi connectivity index (χ1v) is 23.9. The van der Waals surface area contributed by atoms with Crippen LogP contribution in [0.25, 0.3) is 16.6 Å². The van der Waals surface area contributed by atoms with Crippen LogP contribution in [0.2, 0.25) is 5.02 Å². The van der Waals surface area contributed by atoms with E-state index in [-0.39, 0.29) is 52.2 Å². The molecule has 21 heteroatoms. The van der Waals surface area contributed by atoms with Crippen molar-refractivity contribution < 1.29 is 45.6 Å². The molecule has 2 amide bonds. The lowest BCUT2D eigenvalue weighted by molar-refractivity contribution is -0.384. The van der Waals surface area contributed by atoms with Crippen molar-refractivity contribution in [3.05, 3.63) is 117 Å². The number of hydrogen-bond donors (Lipinski definition) is 3. The fourth-order valence-corrected chi connectivity index (χ4v) is 10.2. The van der Waals surface area contributed by atoms with Crippen LogP contribution in [0, 0.1) is 15.5 Å². The molecular weight excluding hydrogens is 929 g/mol. The summed E-state index contributed by atoms with van der Waals surface area (Å²) in [6.07, 6.45) is 1.04. The summed E-state index contributed by atoms with van der Waals surface area (Å²) in [5.41, 5.74) is 2.50. The first kappa shape index (κ1) is 48.2. The lowest BCUT2D eigenvalue weighted by Crippen LogP contribution is -2.50. The van der Waals surface area contributed by atoms with Gasteiger partial charge in [-0.1, -0.05) is 37.1 Å². The van der Waals surface area contributed by atoms with Gasteiger partial charge in [-0.15, -0.1) is 0 Å². The molecule has 3 N–H and O–H groups in total. The zero-order valence-corrected chi connectivity index (χ0v) is 39.1. The molecule has 0 bridgehead atoms. The van der Waals surface area contributed by atoms with Gasteiger partial charge in [-0.25, -0.2) is 18.1 Å². The zero-order valence-electron chi connectivity index (χ0n) is 37.5. The number of nitro benzene ring substituents is 1. The summed E-state index contributed by atoms with van der Waals surface area (Å²) in [6, 6.07) is 14.7. The SMILES string of the molecule is CC(=O)N1CCOCC1CNc1ccc(S(=O)(=O)NC(=O)c2ccc(N3CCN(CC4=C(c5ccc(C(F)(F)F)cc5Cl)CC(C)(C)CC4)CC3)cc2Oc2cnc3[nH]ccc3c2)cc1[N+](=O)[O-]. The van der Waals surface area contributed by atoms with Crippen molar-refractivity contribution in [1.29, 1.82) is 0 Å². The highest BCUT2D eigenvalue weighted by Crippen LogP contribution is 2.46. The molecule has 0 spiro atoms. The minimum Gasteiger partial charge on any atom is -0.455 e. The number of allylic oxidation sites excluding steroid dienone is 1. The Morgan fingerprint density at radius 3 is 2.54 bits per heavy atom. The van der Waals surface area contributed by atoms with E-state index < -0.39 is 49.2 Å². The molecule has 2 aliphatic heterocycles. The number of morpholine rings is 1. The maximum atomic E-state index is 14.0. The van der Waals surface area contributed by atoms with Gasteiger partial charge in [-0.05, 0) is 84.3 Å². The highest BCUT2D eigenvalue weighted by molar-refractivity contribution is 7.90. The van der Waals surface area contributed by atoms with Gasteiger partial charge in [0.25, 0.3) is 21.6 Å². The molecule has 360 valence electrons. The van der Waals surface area contributed by atoms with Crippen molar-refractivity contribution >= 4 is 67.1 Å². The molecule has 2 fully saturated rings. The average molecular weight is 979 g/mol. The Hall–Kier alpha value is -6.22. The molecule has 4 heterocycles. The van der Waals surface area contributed by atoms with Crippen LogP contribution in [0.1, 0.15) is 61.5 Å². The number of halogens is 4. The predicted molar refractivity (Wildman–Crippen MR) is 251 cm³/mol. The summed E-state index contributed by atoms with van der Waals surface area (Å²) in [7, 11) is -4.68. The first-order chi connectivity index (χ1) is 32.2. The molecule has 5 aromatic rings. The van der Waals surface area contributed by atoms with Crippen molar-refractivity contribution in [3.8, 4) is 11.5 Å². The lowest BCUT2D eigenvalue weighted by Gasteiger charge is -2.39. The summed E-state index contributed by atoms with van der Waals surface area (Å²) < 4.78 is 81.8. The second-order valence-corrected chi connectivity index (χ2v) is 20.0. The molecule has 8 rings (SSSR count). The van der Waals surface area contributed by atoms with E-state index in [4.69, 9.17) is 21.1 Å². The van der Waals surface area contributed by atoms with E-state index in [0.29, 0.717) is 69.2 Å². The number of nitro groups is 1. The second-order valence-electron chi connectivity index (χ2n) is 17.9. The van der Waals surface area contributed by atoms with E-state index >= 15 is 0 Å². The highest BCUT2D eigenvalue weighted by Gasteiger charge is 2.34. The number of nitrogens with one attached hydrogen (secondary N) is 3. The number of fused-ring (bicyclic) bond motifs is 1. The van der Waals surface area contributed by atoms with E-state index in [1.54, 1.807) is 35.4 Å². The number of hydrogen-bond acceptors (Lipinski definition) is 12. The molecule has 2 saturated heterocycles. The second kappa shape index (κ2) is 19.4. The van der Waals surface area contributed by atoms with Crippen LogP contribution in [0.5, 0.6) is 11.5 Å². The van der Waals surface area contributed by atoms with E-state index in [1.807, 2.05) is 0 Å². The molecule has 0 radical (unpaired) electrons. The summed E-state index contributed by atoms with van der Waals surface area (Å²) in [5.74, 6) is -0.926. The molecule has 3 aliphatic rings. The Kier molecular flexibility index (Phi) is 13.8. The van der Waals surface area contributed by atoms with E-state index in [0.717, 1.165) is 53.6 Å². The van der Waals surface area contributed by atoms with Crippen LogP contribution >= 0.6 is 11.6 Å². The number of sulfonamides is 1. The van der Waals surface area contributed by atoms with Crippen molar-refractivity contribution in [2.45, 2.75) is 57.1 Å². The Morgan fingerprint density at radius 1 is 1.04 bits per heavy atom. The van der Waals surface area contributed by atoms with Gasteiger partial charge in [0.2, 0.25) is 5.91 Å². The third kappa shape index (κ3) is 10.9. The maximum absolute atomic E-state index is 14.0. The smallest absolute Gasteiger partial charge is 0.416 e. The fraction of sp³-hybridized carbons (Fsp3) is 0.383.